The number of rotatable bonds is 4. The predicted octanol–water partition coefficient (Wildman–Crippen LogP) is 6.53. The van der Waals surface area contributed by atoms with Crippen LogP contribution in [-0.4, -0.2) is 23.8 Å². The van der Waals surface area contributed by atoms with Crippen molar-refractivity contribution >= 4 is 33.7 Å². The minimum Gasteiger partial charge on any atom is -0.478 e. The molecule has 164 valence electrons. The molecular weight excluding hydrogens is 491 g/mol. The Morgan fingerprint density at radius 2 is 1.53 bits per heavy atom. The third-order valence-electron chi connectivity index (χ3n) is 5.24. The van der Waals surface area contributed by atoms with Gasteiger partial charge < -0.3 is 9.84 Å². The van der Waals surface area contributed by atoms with E-state index in [2.05, 4.69) is 15.9 Å². The van der Waals surface area contributed by atoms with Crippen molar-refractivity contribution in [1.29, 1.82) is 0 Å². The van der Waals surface area contributed by atoms with Crippen LogP contribution >= 0.6 is 15.9 Å². The van der Waals surface area contributed by atoms with E-state index in [1.807, 2.05) is 53.8 Å². The molecule has 2 N–H and O–H groups in total. The number of benzene rings is 3. The van der Waals surface area contributed by atoms with Gasteiger partial charge in [-0.25, -0.2) is 9.59 Å². The standard InChI is InChI=1S/C23H15BrF3NO4/c24-18-10-9-16(21(29)30)20(19(18)23(25,26)27)28-22(31)32-11-17-14-7-3-1-5-12(14)13-6-2-4-8-15(13)17/h1-10,17H,11H2,(H,28,31)(H,29,30). The summed E-state index contributed by atoms with van der Waals surface area (Å²) < 4.78 is 45.5. The highest BCUT2D eigenvalue weighted by atomic mass is 79.9. The number of carboxylic acid groups (broad SMARTS) is 1. The number of hydrogen-bond donors (Lipinski definition) is 2. The number of alkyl halides is 3. The number of halogens is 4. The maximum atomic E-state index is 13.6. The fourth-order valence-electron chi connectivity index (χ4n) is 3.90. The summed E-state index contributed by atoms with van der Waals surface area (Å²) in [4.78, 5) is 23.9. The normalized spacial score (nSPS) is 12.8. The van der Waals surface area contributed by atoms with Gasteiger partial charge in [-0.15, -0.1) is 0 Å². The van der Waals surface area contributed by atoms with Gasteiger partial charge >= 0.3 is 18.2 Å². The number of amides is 1. The zero-order valence-electron chi connectivity index (χ0n) is 16.2. The van der Waals surface area contributed by atoms with Crippen LogP contribution in [0.4, 0.5) is 23.7 Å². The molecule has 0 radical (unpaired) electrons. The van der Waals surface area contributed by atoms with E-state index in [-0.39, 0.29) is 12.5 Å². The lowest BCUT2D eigenvalue weighted by atomic mass is 9.98. The molecule has 0 bridgehead atoms. The average Bonchev–Trinajstić information content (AvgIpc) is 3.05. The molecule has 3 aromatic rings. The topological polar surface area (TPSA) is 75.6 Å². The molecule has 0 heterocycles. The third-order valence-corrected chi connectivity index (χ3v) is 5.90. The highest BCUT2D eigenvalue weighted by molar-refractivity contribution is 9.10. The SMILES string of the molecule is O=C(Nc1c(C(=O)O)ccc(Br)c1C(F)(F)F)OCC1c2ccccc2-c2ccccc21. The number of hydrogen-bond acceptors (Lipinski definition) is 3. The molecule has 0 aromatic heterocycles. The minimum atomic E-state index is -4.91. The largest absolute Gasteiger partial charge is 0.478 e. The van der Waals surface area contributed by atoms with Crippen molar-refractivity contribution < 1.29 is 32.6 Å². The van der Waals surface area contributed by atoms with Gasteiger partial charge in [-0.2, -0.15) is 13.2 Å². The van der Waals surface area contributed by atoms with Gasteiger partial charge in [0.15, 0.2) is 0 Å². The van der Waals surface area contributed by atoms with Gasteiger partial charge in [0.2, 0.25) is 0 Å². The first-order chi connectivity index (χ1) is 15.2. The number of fused-ring (bicyclic) bond motifs is 3. The molecular formula is C23H15BrF3NO4. The van der Waals surface area contributed by atoms with Crippen molar-refractivity contribution in [2.75, 3.05) is 11.9 Å². The van der Waals surface area contributed by atoms with Crippen LogP contribution in [0.3, 0.4) is 0 Å². The number of carbonyl (C=O) groups is 2. The summed E-state index contributed by atoms with van der Waals surface area (Å²) in [6.45, 7) is -0.127. The summed E-state index contributed by atoms with van der Waals surface area (Å²) in [6, 6.07) is 17.1. The summed E-state index contributed by atoms with van der Waals surface area (Å²) in [5, 5.41) is 11.3. The molecule has 32 heavy (non-hydrogen) atoms. The predicted molar refractivity (Wildman–Crippen MR) is 115 cm³/mol. The van der Waals surface area contributed by atoms with Crippen molar-refractivity contribution in [1.82, 2.24) is 0 Å². The summed E-state index contributed by atoms with van der Waals surface area (Å²) >= 11 is 2.78. The van der Waals surface area contributed by atoms with Crippen LogP contribution in [0.15, 0.2) is 65.1 Å². The summed E-state index contributed by atoms with van der Waals surface area (Å²) in [7, 11) is 0. The molecule has 0 saturated carbocycles. The Kier molecular flexibility index (Phi) is 5.68. The van der Waals surface area contributed by atoms with Gasteiger partial charge in [-0.1, -0.05) is 64.5 Å². The lowest BCUT2D eigenvalue weighted by Gasteiger charge is -2.19. The first-order valence-corrected chi connectivity index (χ1v) is 10.2. The zero-order valence-corrected chi connectivity index (χ0v) is 17.8. The van der Waals surface area contributed by atoms with E-state index in [0.717, 1.165) is 34.4 Å². The number of carbonyl (C=O) groups excluding carboxylic acids is 1. The molecule has 1 aliphatic rings. The molecule has 9 heteroatoms. The quantitative estimate of drug-likeness (QED) is 0.422. The molecule has 0 fully saturated rings. The van der Waals surface area contributed by atoms with Crippen LogP contribution in [0, 0.1) is 0 Å². The van der Waals surface area contributed by atoms with E-state index in [1.54, 1.807) is 0 Å². The van der Waals surface area contributed by atoms with Gasteiger partial charge in [0.05, 0.1) is 16.8 Å². The van der Waals surface area contributed by atoms with Crippen molar-refractivity contribution in [3.05, 3.63) is 87.4 Å². The number of carboxylic acids is 1. The number of ether oxygens (including phenoxy) is 1. The summed E-state index contributed by atoms with van der Waals surface area (Å²) in [5.41, 5.74) is 0.988. The van der Waals surface area contributed by atoms with Crippen molar-refractivity contribution in [2.24, 2.45) is 0 Å². The molecule has 3 aromatic carbocycles. The Morgan fingerprint density at radius 1 is 0.969 bits per heavy atom. The molecule has 1 aliphatic carbocycles. The monoisotopic (exact) mass is 505 g/mol. The van der Waals surface area contributed by atoms with Gasteiger partial charge in [-0.3, -0.25) is 5.32 Å². The lowest BCUT2D eigenvalue weighted by Crippen LogP contribution is -2.22. The number of anilines is 1. The molecule has 0 unspecified atom stereocenters. The fraction of sp³-hybridized carbons (Fsp3) is 0.130. The van der Waals surface area contributed by atoms with E-state index < -0.39 is 39.5 Å². The Hall–Kier alpha value is -3.33. The van der Waals surface area contributed by atoms with Crippen molar-refractivity contribution in [3.8, 4) is 11.1 Å². The Labute approximate surface area is 189 Å². The molecule has 4 rings (SSSR count). The molecule has 0 saturated heterocycles. The Bertz CT molecular complexity index is 1180. The van der Waals surface area contributed by atoms with Gasteiger partial charge in [0, 0.05) is 10.4 Å². The van der Waals surface area contributed by atoms with Gasteiger partial charge in [-0.05, 0) is 34.4 Å². The van der Waals surface area contributed by atoms with Crippen molar-refractivity contribution in [3.63, 3.8) is 0 Å². The third kappa shape index (κ3) is 3.95. The Morgan fingerprint density at radius 3 is 2.06 bits per heavy atom. The number of nitrogens with one attached hydrogen (secondary N) is 1. The molecule has 5 nitrogen and oxygen atoms in total. The van der Waals surface area contributed by atoms with Crippen LogP contribution in [0.5, 0.6) is 0 Å². The van der Waals surface area contributed by atoms with Crippen LogP contribution in [0.2, 0.25) is 0 Å². The van der Waals surface area contributed by atoms with E-state index in [9.17, 15) is 27.9 Å². The maximum absolute atomic E-state index is 13.6. The van der Waals surface area contributed by atoms with E-state index in [0.29, 0.717) is 0 Å². The zero-order chi connectivity index (χ0) is 23.0. The first-order valence-electron chi connectivity index (χ1n) is 9.43. The second-order valence-electron chi connectivity index (χ2n) is 7.10. The highest BCUT2D eigenvalue weighted by Crippen LogP contribution is 2.45. The van der Waals surface area contributed by atoms with Crippen LogP contribution in [-0.2, 0) is 10.9 Å². The highest BCUT2D eigenvalue weighted by Gasteiger charge is 2.39. The molecule has 1 amide bonds. The number of aromatic carboxylic acids is 1. The molecule has 0 aliphatic heterocycles. The van der Waals surface area contributed by atoms with Crippen LogP contribution in [0.1, 0.15) is 33.0 Å². The average molecular weight is 506 g/mol. The minimum absolute atomic E-state index is 0.127. The Balaban J connectivity index is 1.60. The van der Waals surface area contributed by atoms with E-state index in [1.165, 1.54) is 0 Å². The van der Waals surface area contributed by atoms with Crippen molar-refractivity contribution in [2.45, 2.75) is 12.1 Å². The van der Waals surface area contributed by atoms with E-state index >= 15 is 0 Å². The smallest absolute Gasteiger partial charge is 0.419 e. The first kappa shape index (κ1) is 21.9. The van der Waals surface area contributed by atoms with Crippen LogP contribution in [0.25, 0.3) is 11.1 Å². The second kappa shape index (κ2) is 8.31. The molecule has 0 spiro atoms. The maximum Gasteiger partial charge on any atom is 0.419 e. The van der Waals surface area contributed by atoms with E-state index in [4.69, 9.17) is 4.74 Å². The fourth-order valence-corrected chi connectivity index (χ4v) is 4.45. The summed E-state index contributed by atoms with van der Waals surface area (Å²) in [6.07, 6.45) is -6.09. The lowest BCUT2D eigenvalue weighted by molar-refractivity contribution is -0.137. The van der Waals surface area contributed by atoms with Crippen LogP contribution < -0.4 is 5.32 Å². The second-order valence-corrected chi connectivity index (χ2v) is 7.95. The van der Waals surface area contributed by atoms with Gasteiger partial charge in [0.1, 0.15) is 6.61 Å². The van der Waals surface area contributed by atoms with Gasteiger partial charge in [0.25, 0.3) is 0 Å². The molecule has 0 atom stereocenters. The summed E-state index contributed by atoms with van der Waals surface area (Å²) in [5.74, 6) is -1.91.